The van der Waals surface area contributed by atoms with Crippen molar-refractivity contribution >= 4 is 11.6 Å². The van der Waals surface area contributed by atoms with Crippen LogP contribution in [0.5, 0.6) is 0 Å². The molecular weight excluding hydrogens is 249 g/mol. The molecule has 1 aliphatic rings. The van der Waals surface area contributed by atoms with Gasteiger partial charge in [-0.3, -0.25) is 0 Å². The van der Waals surface area contributed by atoms with Crippen molar-refractivity contribution in [2.75, 3.05) is 0 Å². The number of halogens is 2. The van der Waals surface area contributed by atoms with Gasteiger partial charge in [-0.05, 0) is 61.3 Å². The fourth-order valence-corrected chi connectivity index (χ4v) is 2.84. The van der Waals surface area contributed by atoms with E-state index in [2.05, 4.69) is 13.8 Å². The summed E-state index contributed by atoms with van der Waals surface area (Å²) in [5, 5.41) is 0.617. The highest BCUT2D eigenvalue weighted by Crippen LogP contribution is 2.40. The van der Waals surface area contributed by atoms with Crippen molar-refractivity contribution in [1.82, 2.24) is 0 Å². The predicted octanol–water partition coefficient (Wildman–Crippen LogP) is 4.32. The predicted molar refractivity (Wildman–Crippen MR) is 74.3 cm³/mol. The fraction of sp³-hybridized carbons (Fsp3) is 0.600. The summed E-state index contributed by atoms with van der Waals surface area (Å²) in [5.41, 5.74) is 7.44. The van der Waals surface area contributed by atoms with Gasteiger partial charge < -0.3 is 5.73 Å². The van der Waals surface area contributed by atoms with Crippen molar-refractivity contribution in [1.29, 1.82) is 0 Å². The molecule has 2 N–H and O–H groups in total. The van der Waals surface area contributed by atoms with Crippen LogP contribution in [-0.4, -0.2) is 5.54 Å². The molecule has 2 rings (SSSR count). The highest BCUT2D eigenvalue weighted by Gasteiger charge is 2.35. The average Bonchev–Trinajstić information content (AvgIpc) is 2.29. The van der Waals surface area contributed by atoms with E-state index in [1.54, 1.807) is 6.07 Å². The number of hydrogen-bond acceptors (Lipinski definition) is 1. The van der Waals surface area contributed by atoms with Crippen LogP contribution in [0.4, 0.5) is 4.39 Å². The van der Waals surface area contributed by atoms with Crippen LogP contribution in [0.25, 0.3) is 0 Å². The Balaban J connectivity index is 2.11. The Morgan fingerprint density at radius 3 is 2.44 bits per heavy atom. The quantitative estimate of drug-likeness (QED) is 0.850. The van der Waals surface area contributed by atoms with Crippen LogP contribution >= 0.6 is 11.6 Å². The summed E-state index contributed by atoms with van der Waals surface area (Å²) >= 11 is 6.11. The van der Waals surface area contributed by atoms with Gasteiger partial charge in [0.25, 0.3) is 0 Å². The number of benzene rings is 1. The van der Waals surface area contributed by atoms with Crippen LogP contribution in [0, 0.1) is 11.2 Å². The number of hydrogen-bond donors (Lipinski definition) is 1. The van der Waals surface area contributed by atoms with Crippen LogP contribution in [0.3, 0.4) is 0 Å². The summed E-state index contributed by atoms with van der Waals surface area (Å²) in [5.74, 6) is -0.242. The third-order valence-electron chi connectivity index (χ3n) is 4.15. The zero-order chi connectivity index (χ0) is 13.4. The minimum Gasteiger partial charge on any atom is -0.325 e. The molecule has 100 valence electrons. The zero-order valence-corrected chi connectivity index (χ0v) is 11.9. The van der Waals surface area contributed by atoms with Crippen LogP contribution in [0.2, 0.25) is 5.02 Å². The standard InChI is InChI=1S/C15H21ClFN/c1-14(2)5-7-15(18,8-6-14)10-11-9-12(17)3-4-13(11)16/h3-4,9H,5-8,10,18H2,1-2H3. The Kier molecular flexibility index (Phi) is 3.70. The molecule has 0 spiro atoms. The highest BCUT2D eigenvalue weighted by atomic mass is 35.5. The molecule has 0 atom stereocenters. The van der Waals surface area contributed by atoms with E-state index in [1.165, 1.54) is 12.1 Å². The SMILES string of the molecule is CC1(C)CCC(N)(Cc2cc(F)ccc2Cl)CC1. The third-order valence-corrected chi connectivity index (χ3v) is 4.52. The maximum atomic E-state index is 13.2. The van der Waals surface area contributed by atoms with Gasteiger partial charge in [-0.25, -0.2) is 4.39 Å². The van der Waals surface area contributed by atoms with E-state index >= 15 is 0 Å². The summed E-state index contributed by atoms with van der Waals surface area (Å²) in [7, 11) is 0. The molecule has 0 aliphatic heterocycles. The zero-order valence-electron chi connectivity index (χ0n) is 11.1. The Morgan fingerprint density at radius 2 is 1.83 bits per heavy atom. The van der Waals surface area contributed by atoms with Crippen molar-refractivity contribution in [3.05, 3.63) is 34.6 Å². The molecular formula is C15H21ClFN. The Morgan fingerprint density at radius 1 is 1.22 bits per heavy atom. The molecule has 1 aromatic carbocycles. The molecule has 0 unspecified atom stereocenters. The second-order valence-electron chi connectivity index (χ2n) is 6.44. The van der Waals surface area contributed by atoms with Crippen LogP contribution in [0.1, 0.15) is 45.1 Å². The van der Waals surface area contributed by atoms with E-state index < -0.39 is 0 Å². The topological polar surface area (TPSA) is 26.0 Å². The van der Waals surface area contributed by atoms with Crippen molar-refractivity contribution in [2.45, 2.75) is 51.5 Å². The lowest BCUT2D eigenvalue weighted by Crippen LogP contribution is -2.46. The monoisotopic (exact) mass is 269 g/mol. The van der Waals surface area contributed by atoms with Crippen molar-refractivity contribution in [2.24, 2.45) is 11.1 Å². The first-order valence-corrected chi connectivity index (χ1v) is 6.90. The van der Waals surface area contributed by atoms with Gasteiger partial charge >= 0.3 is 0 Å². The molecule has 1 aliphatic carbocycles. The highest BCUT2D eigenvalue weighted by molar-refractivity contribution is 6.31. The van der Waals surface area contributed by atoms with Gasteiger partial charge in [0.2, 0.25) is 0 Å². The summed E-state index contributed by atoms with van der Waals surface area (Å²) in [6.45, 7) is 4.56. The van der Waals surface area contributed by atoms with E-state index in [-0.39, 0.29) is 11.4 Å². The van der Waals surface area contributed by atoms with Gasteiger partial charge in [0.1, 0.15) is 5.82 Å². The number of nitrogens with two attached hydrogens (primary N) is 1. The second-order valence-corrected chi connectivity index (χ2v) is 6.85. The molecule has 1 saturated carbocycles. The van der Waals surface area contributed by atoms with Crippen molar-refractivity contribution < 1.29 is 4.39 Å². The lowest BCUT2D eigenvalue weighted by molar-refractivity contribution is 0.164. The Labute approximate surface area is 114 Å². The normalized spacial score (nSPS) is 21.8. The van der Waals surface area contributed by atoms with E-state index in [4.69, 9.17) is 17.3 Å². The third kappa shape index (κ3) is 3.24. The molecule has 18 heavy (non-hydrogen) atoms. The Hall–Kier alpha value is -0.600. The second kappa shape index (κ2) is 4.82. The summed E-state index contributed by atoms with van der Waals surface area (Å²) < 4.78 is 13.2. The first-order valence-electron chi connectivity index (χ1n) is 6.53. The molecule has 1 aromatic rings. The van der Waals surface area contributed by atoms with E-state index in [0.29, 0.717) is 16.9 Å². The maximum Gasteiger partial charge on any atom is 0.123 e. The van der Waals surface area contributed by atoms with Gasteiger partial charge in [0.05, 0.1) is 0 Å². The minimum absolute atomic E-state index is 0.229. The van der Waals surface area contributed by atoms with Crippen molar-refractivity contribution in [3.8, 4) is 0 Å². The largest absolute Gasteiger partial charge is 0.325 e. The van der Waals surface area contributed by atoms with Gasteiger partial charge in [-0.2, -0.15) is 0 Å². The van der Waals surface area contributed by atoms with Crippen LogP contribution in [0.15, 0.2) is 18.2 Å². The fourth-order valence-electron chi connectivity index (χ4n) is 2.66. The Bertz CT molecular complexity index is 432. The van der Waals surface area contributed by atoms with Gasteiger partial charge in [0.15, 0.2) is 0 Å². The lowest BCUT2D eigenvalue weighted by atomic mass is 9.68. The van der Waals surface area contributed by atoms with E-state index in [1.807, 2.05) is 0 Å². The summed E-state index contributed by atoms with van der Waals surface area (Å²) in [6.07, 6.45) is 4.87. The van der Waals surface area contributed by atoms with Crippen molar-refractivity contribution in [3.63, 3.8) is 0 Å². The summed E-state index contributed by atoms with van der Waals surface area (Å²) in [4.78, 5) is 0. The van der Waals surface area contributed by atoms with E-state index in [9.17, 15) is 4.39 Å². The lowest BCUT2D eigenvalue weighted by Gasteiger charge is -2.41. The first-order chi connectivity index (χ1) is 8.30. The molecule has 0 amide bonds. The molecule has 0 bridgehead atoms. The van der Waals surface area contributed by atoms with Crippen LogP contribution < -0.4 is 5.73 Å². The average molecular weight is 270 g/mol. The molecule has 0 saturated heterocycles. The molecule has 1 nitrogen and oxygen atoms in total. The van der Waals surface area contributed by atoms with Gasteiger partial charge in [0, 0.05) is 10.6 Å². The smallest absolute Gasteiger partial charge is 0.123 e. The molecule has 0 radical (unpaired) electrons. The maximum absolute atomic E-state index is 13.2. The van der Waals surface area contributed by atoms with Crippen LogP contribution in [-0.2, 0) is 6.42 Å². The first kappa shape index (κ1) is 13.8. The molecule has 0 aromatic heterocycles. The minimum atomic E-state index is -0.242. The molecule has 3 heteroatoms. The summed E-state index contributed by atoms with van der Waals surface area (Å²) in [6, 6.07) is 4.51. The molecule has 0 heterocycles. The number of rotatable bonds is 2. The van der Waals surface area contributed by atoms with Gasteiger partial charge in [-0.1, -0.05) is 25.4 Å². The van der Waals surface area contributed by atoms with E-state index in [0.717, 1.165) is 31.2 Å². The van der Waals surface area contributed by atoms with Gasteiger partial charge in [-0.15, -0.1) is 0 Å². The molecule has 1 fully saturated rings.